The summed E-state index contributed by atoms with van der Waals surface area (Å²) < 4.78 is 11.3. The molecule has 270 valence electrons. The Kier molecular flexibility index (Phi) is 15.7. The summed E-state index contributed by atoms with van der Waals surface area (Å²) in [5.74, 6) is 1.27. The fourth-order valence-electron chi connectivity index (χ4n) is 3.99. The second kappa shape index (κ2) is 20.2. The molecule has 6 N–H and O–H groups in total. The van der Waals surface area contributed by atoms with Gasteiger partial charge >= 0.3 is 0 Å². The number of rotatable bonds is 10. The number of carbonyl (C=O) groups excluding carboxylic acids is 2. The first-order valence-electron chi connectivity index (χ1n) is 14.4. The van der Waals surface area contributed by atoms with Gasteiger partial charge in [0.15, 0.2) is 34.2 Å². The number of fused-ring (bicyclic) bond motifs is 2. The van der Waals surface area contributed by atoms with Gasteiger partial charge in [0.2, 0.25) is 12.8 Å². The number of alkyl halides is 3. The van der Waals surface area contributed by atoms with Gasteiger partial charge in [0.05, 0.1) is 17.4 Å². The number of halogens is 3. The van der Waals surface area contributed by atoms with Crippen molar-refractivity contribution >= 4 is 69.6 Å². The SMILES string of the molecule is Cn1oc2cc(CCl)ccc2c1=O.O=CNOc1ccc(CCl)cc1O.O=CNOc1ccc(CO)cc1O.O=c1[nH]oc2cc(CCl)ccc12. The fraction of sp³-hybridized carbons (Fsp3) is 0.152. The number of nitrogens with zero attached hydrogens (tertiary/aromatic N) is 1. The largest absolute Gasteiger partial charge is 0.504 e. The number of benzene rings is 4. The van der Waals surface area contributed by atoms with Crippen LogP contribution in [0.2, 0.25) is 0 Å². The van der Waals surface area contributed by atoms with Crippen molar-refractivity contribution in [2.75, 3.05) is 0 Å². The number of carbonyl (C=O) groups is 2. The van der Waals surface area contributed by atoms with E-state index in [1.807, 2.05) is 17.0 Å². The van der Waals surface area contributed by atoms with Gasteiger partial charge in [-0.05, 0) is 70.8 Å². The van der Waals surface area contributed by atoms with Crippen molar-refractivity contribution in [2.24, 2.45) is 7.05 Å². The minimum absolute atomic E-state index is 0.0625. The Bertz CT molecular complexity index is 2100. The molecular weight excluding hydrogens is 735 g/mol. The van der Waals surface area contributed by atoms with Crippen molar-refractivity contribution in [3.05, 3.63) is 116 Å². The van der Waals surface area contributed by atoms with Crippen molar-refractivity contribution < 1.29 is 43.6 Å². The Hall–Kier alpha value is -5.61. The number of aryl methyl sites for hydroxylation is 1. The molecule has 0 aliphatic rings. The van der Waals surface area contributed by atoms with E-state index in [9.17, 15) is 29.4 Å². The average Bonchev–Trinajstić information content (AvgIpc) is 3.67. The third-order valence-electron chi connectivity index (χ3n) is 6.47. The first-order valence-corrected chi connectivity index (χ1v) is 16.0. The number of H-pyrrole nitrogens is 1. The zero-order valence-corrected chi connectivity index (χ0v) is 28.9. The molecule has 0 saturated heterocycles. The third kappa shape index (κ3) is 11.5. The molecule has 0 aliphatic heterocycles. The highest BCUT2D eigenvalue weighted by atomic mass is 35.5. The monoisotopic (exact) mass is 764 g/mol. The topological polar surface area (TPSA) is 218 Å². The van der Waals surface area contributed by atoms with E-state index in [1.165, 1.54) is 29.0 Å². The Morgan fingerprint density at radius 1 is 0.725 bits per heavy atom. The second-order valence-corrected chi connectivity index (χ2v) is 10.7. The highest BCUT2D eigenvalue weighted by molar-refractivity contribution is 6.17. The van der Waals surface area contributed by atoms with Crippen LogP contribution in [-0.4, -0.2) is 38.0 Å². The predicted octanol–water partition coefficient (Wildman–Crippen LogP) is 4.83. The van der Waals surface area contributed by atoms with Crippen LogP contribution in [0.15, 0.2) is 91.4 Å². The van der Waals surface area contributed by atoms with Crippen molar-refractivity contribution in [3.63, 3.8) is 0 Å². The van der Waals surface area contributed by atoms with Crippen molar-refractivity contribution in [1.29, 1.82) is 0 Å². The van der Waals surface area contributed by atoms with Gasteiger partial charge in [-0.15, -0.1) is 34.8 Å². The van der Waals surface area contributed by atoms with Gasteiger partial charge < -0.3 is 34.0 Å². The summed E-state index contributed by atoms with van der Waals surface area (Å²) in [6.07, 6.45) is 0.717. The molecule has 18 heteroatoms. The first-order chi connectivity index (χ1) is 24.6. The standard InChI is InChI=1S/C9H8ClNO2.C8H8ClNO3.C8H6ClNO2.C8H9NO4/c1-11-9(12)7-3-2-6(5-10)4-8(7)13-11;9-4-6-1-2-8(7(12)3-6)13-10-5-11;9-4-5-1-2-6-7(3-5)12-10-8(6)11;10-4-6-1-2-8(7(12)3-6)13-9-5-11/h2-4H,5H2,1H3;1-3,5,12H,4H2,(H,10,11);1-3H,4H2,(H,10,11);1-3,5,10,12H,4H2,(H,9,11). The number of hydroxylamine groups is 2. The lowest BCUT2D eigenvalue weighted by atomic mass is 10.2. The molecule has 4 aromatic carbocycles. The first kappa shape index (κ1) is 39.8. The fourth-order valence-corrected chi connectivity index (χ4v) is 4.49. The molecule has 0 bridgehead atoms. The number of aliphatic hydroxyl groups excluding tert-OH is 1. The number of hydrogen-bond donors (Lipinski definition) is 6. The van der Waals surface area contributed by atoms with Crippen LogP contribution in [0.1, 0.15) is 22.3 Å². The molecule has 0 atom stereocenters. The van der Waals surface area contributed by atoms with Gasteiger partial charge in [0.25, 0.3) is 11.1 Å². The zero-order valence-electron chi connectivity index (χ0n) is 26.6. The number of aromatic hydroxyl groups is 2. The summed E-state index contributed by atoms with van der Waals surface area (Å²) in [4.78, 5) is 51.4. The minimum atomic E-state index is -0.203. The molecule has 0 radical (unpaired) electrons. The van der Waals surface area contributed by atoms with E-state index in [-0.39, 0.29) is 40.7 Å². The summed E-state index contributed by atoms with van der Waals surface area (Å²) in [6.45, 7) is -0.158. The van der Waals surface area contributed by atoms with Gasteiger partial charge in [-0.1, -0.05) is 24.3 Å². The molecule has 15 nitrogen and oxygen atoms in total. The third-order valence-corrected chi connectivity index (χ3v) is 7.39. The number of nitrogens with one attached hydrogen (secondary N) is 3. The van der Waals surface area contributed by atoms with E-state index >= 15 is 0 Å². The maximum absolute atomic E-state index is 11.4. The van der Waals surface area contributed by atoms with Crippen LogP contribution in [0.5, 0.6) is 23.0 Å². The van der Waals surface area contributed by atoms with Crippen molar-refractivity contribution in [1.82, 2.24) is 20.9 Å². The highest BCUT2D eigenvalue weighted by Gasteiger charge is 2.07. The van der Waals surface area contributed by atoms with Crippen LogP contribution in [0.25, 0.3) is 21.9 Å². The molecule has 2 aromatic heterocycles. The maximum atomic E-state index is 11.4. The Labute approximate surface area is 303 Å². The van der Waals surface area contributed by atoms with E-state index in [4.69, 9.17) is 49.0 Å². The lowest BCUT2D eigenvalue weighted by molar-refractivity contribution is -0.115. The van der Waals surface area contributed by atoms with Crippen LogP contribution in [0.4, 0.5) is 0 Å². The van der Waals surface area contributed by atoms with Crippen LogP contribution in [0.3, 0.4) is 0 Å². The van der Waals surface area contributed by atoms with Crippen LogP contribution >= 0.6 is 34.8 Å². The van der Waals surface area contributed by atoms with Crippen molar-refractivity contribution in [3.8, 4) is 23.0 Å². The van der Waals surface area contributed by atoms with Gasteiger partial charge in [-0.2, -0.15) is 20.9 Å². The number of amides is 2. The van der Waals surface area contributed by atoms with E-state index in [1.54, 1.807) is 49.5 Å². The quantitative estimate of drug-likeness (QED) is 0.0631. The average molecular weight is 766 g/mol. The number of phenolic OH excluding ortho intramolecular Hbond substituents is 2. The normalized spacial score (nSPS) is 10.1. The van der Waals surface area contributed by atoms with Gasteiger partial charge in [0, 0.05) is 24.7 Å². The van der Waals surface area contributed by atoms with Crippen molar-refractivity contribution in [2.45, 2.75) is 24.2 Å². The molecule has 51 heavy (non-hydrogen) atoms. The number of phenols is 2. The van der Waals surface area contributed by atoms with E-state index in [0.29, 0.717) is 58.0 Å². The minimum Gasteiger partial charge on any atom is -0.504 e. The second-order valence-electron chi connectivity index (χ2n) is 9.93. The van der Waals surface area contributed by atoms with Gasteiger partial charge in [0.1, 0.15) is 0 Å². The zero-order chi connectivity index (χ0) is 37.3. The lowest BCUT2D eigenvalue weighted by Gasteiger charge is -2.05. The molecule has 2 amide bonds. The molecule has 6 rings (SSSR count). The molecule has 0 spiro atoms. The highest BCUT2D eigenvalue weighted by Crippen LogP contribution is 2.27. The van der Waals surface area contributed by atoms with E-state index in [0.717, 1.165) is 16.7 Å². The predicted molar refractivity (Wildman–Crippen MR) is 189 cm³/mol. The molecule has 0 unspecified atom stereocenters. The number of aromatic nitrogens is 2. The number of hydrogen-bond acceptors (Lipinski definition) is 11. The van der Waals surface area contributed by atoms with E-state index in [2.05, 4.69) is 14.8 Å². The summed E-state index contributed by atoms with van der Waals surface area (Å²) in [5, 5.41) is 30.7. The van der Waals surface area contributed by atoms with Gasteiger partial charge in [-0.25, -0.2) is 0 Å². The Morgan fingerprint density at radius 3 is 1.71 bits per heavy atom. The Morgan fingerprint density at radius 2 is 1.20 bits per heavy atom. The Balaban J connectivity index is 0.000000184. The molecule has 0 saturated carbocycles. The molecule has 0 aliphatic carbocycles. The summed E-state index contributed by atoms with van der Waals surface area (Å²) in [6, 6.07) is 19.6. The van der Waals surface area contributed by atoms with Gasteiger partial charge in [-0.3, -0.25) is 19.2 Å². The van der Waals surface area contributed by atoms with Crippen LogP contribution < -0.4 is 31.8 Å². The molecule has 6 aromatic rings. The summed E-state index contributed by atoms with van der Waals surface area (Å²) >= 11 is 16.8. The lowest BCUT2D eigenvalue weighted by Crippen LogP contribution is -2.15. The maximum Gasteiger partial charge on any atom is 0.290 e. The van der Waals surface area contributed by atoms with E-state index < -0.39 is 0 Å². The van der Waals surface area contributed by atoms with Crippen LogP contribution in [0, 0.1) is 0 Å². The smallest absolute Gasteiger partial charge is 0.290 e. The molecule has 2 heterocycles. The number of aliphatic hydroxyl groups is 1. The summed E-state index contributed by atoms with van der Waals surface area (Å²) in [7, 11) is 1.59. The van der Waals surface area contributed by atoms with Crippen LogP contribution in [-0.2, 0) is 40.9 Å². The molecular formula is C33H31Cl3N4O11. The summed E-state index contributed by atoms with van der Waals surface area (Å²) in [5.41, 5.74) is 7.96. The number of aromatic amines is 1. The molecule has 0 fully saturated rings.